The van der Waals surface area contributed by atoms with Crippen molar-refractivity contribution in [3.8, 4) is 0 Å². The molecule has 0 spiro atoms. The first kappa shape index (κ1) is 14.3. The highest BCUT2D eigenvalue weighted by molar-refractivity contribution is 7.14. The van der Waals surface area contributed by atoms with Crippen molar-refractivity contribution >= 4 is 28.2 Å². The number of aryl methyl sites for hydroxylation is 2. The lowest BCUT2D eigenvalue weighted by atomic mass is 10.0. The quantitative estimate of drug-likeness (QED) is 0.907. The zero-order valence-corrected chi connectivity index (χ0v) is 12.2. The molecule has 0 aliphatic rings. The molecule has 2 aromatic rings. The van der Waals surface area contributed by atoms with Crippen LogP contribution in [0.3, 0.4) is 0 Å². The van der Waals surface area contributed by atoms with Crippen molar-refractivity contribution in [2.75, 3.05) is 5.32 Å². The predicted molar refractivity (Wildman–Crippen MR) is 81.1 cm³/mol. The van der Waals surface area contributed by atoms with Crippen molar-refractivity contribution in [2.45, 2.75) is 20.3 Å². The van der Waals surface area contributed by atoms with Crippen LogP contribution in [0.2, 0.25) is 0 Å². The maximum atomic E-state index is 12.0. The Labute approximate surface area is 121 Å². The predicted octanol–water partition coefficient (Wildman–Crippen LogP) is 2.65. The standard InChI is InChI=1S/C15H16N2O2S/c1-9-3-4-11(10(2)7-9)8-13(18)17-15-12(14(16)19)5-6-20-15/h3-7H,8H2,1-2H3,(H2,16,19)(H,17,18). The van der Waals surface area contributed by atoms with Crippen molar-refractivity contribution in [3.63, 3.8) is 0 Å². The summed E-state index contributed by atoms with van der Waals surface area (Å²) in [6.07, 6.45) is 0.280. The van der Waals surface area contributed by atoms with E-state index in [1.807, 2.05) is 32.0 Å². The van der Waals surface area contributed by atoms with Crippen LogP contribution in [0, 0.1) is 13.8 Å². The summed E-state index contributed by atoms with van der Waals surface area (Å²) in [5.74, 6) is -0.685. The van der Waals surface area contributed by atoms with Gasteiger partial charge in [0.25, 0.3) is 5.91 Å². The topological polar surface area (TPSA) is 72.2 Å². The summed E-state index contributed by atoms with van der Waals surface area (Å²) in [5, 5.41) is 4.98. The summed E-state index contributed by atoms with van der Waals surface area (Å²) in [7, 11) is 0. The summed E-state index contributed by atoms with van der Waals surface area (Å²) >= 11 is 1.29. The largest absolute Gasteiger partial charge is 0.366 e. The lowest BCUT2D eigenvalue weighted by molar-refractivity contribution is -0.115. The number of anilines is 1. The molecule has 0 unspecified atom stereocenters. The van der Waals surface area contributed by atoms with E-state index in [2.05, 4.69) is 5.32 Å². The van der Waals surface area contributed by atoms with Gasteiger partial charge in [-0.1, -0.05) is 23.8 Å². The van der Waals surface area contributed by atoms with Crippen LogP contribution in [-0.2, 0) is 11.2 Å². The van der Waals surface area contributed by atoms with Gasteiger partial charge in [-0.25, -0.2) is 0 Å². The van der Waals surface area contributed by atoms with Gasteiger partial charge in [-0.15, -0.1) is 11.3 Å². The normalized spacial score (nSPS) is 10.3. The molecule has 1 heterocycles. The summed E-state index contributed by atoms with van der Waals surface area (Å²) in [6.45, 7) is 4.00. The van der Waals surface area contributed by atoms with Gasteiger partial charge < -0.3 is 11.1 Å². The Bertz CT molecular complexity index is 662. The molecule has 5 heteroatoms. The van der Waals surface area contributed by atoms with Crippen molar-refractivity contribution in [3.05, 3.63) is 51.9 Å². The van der Waals surface area contributed by atoms with Gasteiger partial charge in [-0.2, -0.15) is 0 Å². The zero-order chi connectivity index (χ0) is 14.7. The summed E-state index contributed by atoms with van der Waals surface area (Å²) < 4.78 is 0. The highest BCUT2D eigenvalue weighted by Gasteiger charge is 2.13. The van der Waals surface area contributed by atoms with Crippen LogP contribution in [0.4, 0.5) is 5.00 Å². The third-order valence-corrected chi connectivity index (χ3v) is 3.86. The van der Waals surface area contributed by atoms with Crippen molar-refractivity contribution in [2.24, 2.45) is 5.73 Å². The second kappa shape index (κ2) is 5.88. The fraction of sp³-hybridized carbons (Fsp3) is 0.200. The number of rotatable bonds is 4. The SMILES string of the molecule is Cc1ccc(CC(=O)Nc2sccc2C(N)=O)c(C)c1. The van der Waals surface area contributed by atoms with Gasteiger partial charge >= 0.3 is 0 Å². The third-order valence-electron chi connectivity index (χ3n) is 3.03. The fourth-order valence-electron chi connectivity index (χ4n) is 1.99. The summed E-state index contributed by atoms with van der Waals surface area (Å²) in [6, 6.07) is 7.59. The van der Waals surface area contributed by atoms with E-state index >= 15 is 0 Å². The Hall–Kier alpha value is -2.14. The molecule has 0 aliphatic carbocycles. The van der Waals surface area contributed by atoms with Gasteiger partial charge in [0.1, 0.15) is 5.00 Å². The number of hydrogen-bond donors (Lipinski definition) is 2. The molecule has 20 heavy (non-hydrogen) atoms. The van der Waals surface area contributed by atoms with E-state index in [9.17, 15) is 9.59 Å². The first-order chi connectivity index (χ1) is 9.47. The molecule has 0 saturated heterocycles. The Balaban J connectivity index is 2.09. The van der Waals surface area contributed by atoms with Gasteiger partial charge in [0.2, 0.25) is 5.91 Å². The monoisotopic (exact) mass is 288 g/mol. The van der Waals surface area contributed by atoms with Crippen molar-refractivity contribution < 1.29 is 9.59 Å². The number of carbonyl (C=O) groups is 2. The smallest absolute Gasteiger partial charge is 0.251 e. The molecule has 0 radical (unpaired) electrons. The van der Waals surface area contributed by atoms with E-state index < -0.39 is 5.91 Å². The molecule has 0 fully saturated rings. The highest BCUT2D eigenvalue weighted by atomic mass is 32.1. The number of benzene rings is 1. The van der Waals surface area contributed by atoms with Crippen LogP contribution in [0.15, 0.2) is 29.6 Å². The van der Waals surface area contributed by atoms with E-state index in [0.29, 0.717) is 10.6 Å². The Morgan fingerprint density at radius 2 is 2.00 bits per heavy atom. The van der Waals surface area contributed by atoms with Gasteiger partial charge in [-0.3, -0.25) is 9.59 Å². The minimum absolute atomic E-state index is 0.151. The fourth-order valence-corrected chi connectivity index (χ4v) is 2.80. The minimum Gasteiger partial charge on any atom is -0.366 e. The lowest BCUT2D eigenvalue weighted by Crippen LogP contribution is -2.18. The van der Waals surface area contributed by atoms with Crippen molar-refractivity contribution in [1.29, 1.82) is 0 Å². The van der Waals surface area contributed by atoms with E-state index in [1.54, 1.807) is 11.4 Å². The molecular weight excluding hydrogens is 272 g/mol. The Morgan fingerprint density at radius 1 is 1.25 bits per heavy atom. The van der Waals surface area contributed by atoms with Gasteiger partial charge in [-0.05, 0) is 36.4 Å². The molecule has 0 saturated carbocycles. The third kappa shape index (κ3) is 3.24. The molecule has 1 aromatic heterocycles. The maximum absolute atomic E-state index is 12.0. The Morgan fingerprint density at radius 3 is 2.65 bits per heavy atom. The number of nitrogens with two attached hydrogens (primary N) is 1. The minimum atomic E-state index is -0.534. The average Bonchev–Trinajstić information content (AvgIpc) is 2.81. The summed E-state index contributed by atoms with van der Waals surface area (Å²) in [5.41, 5.74) is 8.82. The number of primary amides is 1. The molecule has 0 aliphatic heterocycles. The lowest BCUT2D eigenvalue weighted by Gasteiger charge is -2.08. The van der Waals surface area contributed by atoms with Crippen LogP contribution in [-0.4, -0.2) is 11.8 Å². The van der Waals surface area contributed by atoms with Gasteiger partial charge in [0.15, 0.2) is 0 Å². The molecule has 2 rings (SSSR count). The van der Waals surface area contributed by atoms with Crippen LogP contribution < -0.4 is 11.1 Å². The molecule has 3 N–H and O–H groups in total. The molecule has 0 atom stereocenters. The van der Waals surface area contributed by atoms with E-state index in [0.717, 1.165) is 11.1 Å². The van der Waals surface area contributed by atoms with Gasteiger partial charge in [0.05, 0.1) is 12.0 Å². The second-order valence-corrected chi connectivity index (χ2v) is 5.60. The van der Waals surface area contributed by atoms with Crippen LogP contribution in [0.25, 0.3) is 0 Å². The Kier molecular flexibility index (Phi) is 4.20. The van der Waals surface area contributed by atoms with Crippen LogP contribution >= 0.6 is 11.3 Å². The molecule has 1 aromatic carbocycles. The zero-order valence-electron chi connectivity index (χ0n) is 11.4. The number of carbonyl (C=O) groups excluding carboxylic acids is 2. The van der Waals surface area contributed by atoms with Crippen LogP contribution in [0.1, 0.15) is 27.0 Å². The first-order valence-electron chi connectivity index (χ1n) is 6.20. The molecule has 104 valence electrons. The number of thiophene rings is 1. The second-order valence-electron chi connectivity index (χ2n) is 4.68. The van der Waals surface area contributed by atoms with E-state index in [1.165, 1.54) is 16.9 Å². The summed E-state index contributed by atoms with van der Waals surface area (Å²) in [4.78, 5) is 23.2. The number of nitrogens with one attached hydrogen (secondary N) is 1. The van der Waals surface area contributed by atoms with E-state index in [-0.39, 0.29) is 12.3 Å². The molecule has 4 nitrogen and oxygen atoms in total. The molecule has 0 bridgehead atoms. The first-order valence-corrected chi connectivity index (χ1v) is 7.08. The number of hydrogen-bond acceptors (Lipinski definition) is 3. The number of amides is 2. The van der Waals surface area contributed by atoms with Gasteiger partial charge in [0, 0.05) is 0 Å². The highest BCUT2D eigenvalue weighted by Crippen LogP contribution is 2.23. The van der Waals surface area contributed by atoms with Crippen molar-refractivity contribution in [1.82, 2.24) is 0 Å². The van der Waals surface area contributed by atoms with E-state index in [4.69, 9.17) is 5.73 Å². The molecule has 2 amide bonds. The maximum Gasteiger partial charge on any atom is 0.251 e. The average molecular weight is 288 g/mol. The molecular formula is C15H16N2O2S. The van der Waals surface area contributed by atoms with Crippen LogP contribution in [0.5, 0.6) is 0 Å².